The maximum atomic E-state index is 12.2. The second kappa shape index (κ2) is 7.41. The zero-order chi connectivity index (χ0) is 15.9. The molecule has 4 nitrogen and oxygen atoms in total. The van der Waals surface area contributed by atoms with E-state index in [4.69, 9.17) is 4.74 Å². The minimum atomic E-state index is -0.823. The van der Waals surface area contributed by atoms with Crippen molar-refractivity contribution in [3.8, 4) is 11.1 Å². The highest BCUT2D eigenvalue weighted by Gasteiger charge is 2.18. The van der Waals surface area contributed by atoms with Crippen molar-refractivity contribution >= 4 is 17.6 Å². The Hall–Kier alpha value is -2.62. The van der Waals surface area contributed by atoms with Crippen LogP contribution in [0.3, 0.4) is 0 Å². The molecular weight excluding hydrogens is 278 g/mol. The van der Waals surface area contributed by atoms with Crippen LogP contribution in [0.4, 0.5) is 5.69 Å². The van der Waals surface area contributed by atoms with E-state index in [1.165, 1.54) is 0 Å². The number of hydrogen-bond acceptors (Lipinski definition) is 3. The minimum Gasteiger partial charge on any atom is -0.453 e. The quantitative estimate of drug-likeness (QED) is 0.857. The second-order valence-electron chi connectivity index (χ2n) is 4.89. The number of amides is 1. The molecule has 0 aliphatic carbocycles. The van der Waals surface area contributed by atoms with Crippen LogP contribution >= 0.6 is 0 Å². The van der Waals surface area contributed by atoms with Crippen molar-refractivity contribution in [3.05, 3.63) is 54.6 Å². The summed E-state index contributed by atoms with van der Waals surface area (Å²) in [5.74, 6) is -0.732. The number of anilines is 1. The summed E-state index contributed by atoms with van der Waals surface area (Å²) < 4.78 is 5.03. The summed E-state index contributed by atoms with van der Waals surface area (Å²) in [4.78, 5) is 23.4. The van der Waals surface area contributed by atoms with Crippen LogP contribution in [-0.2, 0) is 14.3 Å². The van der Waals surface area contributed by atoms with Crippen molar-refractivity contribution in [1.82, 2.24) is 0 Å². The van der Waals surface area contributed by atoms with E-state index in [2.05, 4.69) is 5.32 Å². The predicted molar refractivity (Wildman–Crippen MR) is 86.4 cm³/mol. The molecule has 1 N–H and O–H groups in total. The Kier molecular flexibility index (Phi) is 5.31. The van der Waals surface area contributed by atoms with Gasteiger partial charge in [-0.05, 0) is 18.6 Å². The van der Waals surface area contributed by atoms with E-state index in [9.17, 15) is 9.59 Å². The van der Waals surface area contributed by atoms with Crippen molar-refractivity contribution < 1.29 is 14.3 Å². The first-order valence-electron chi connectivity index (χ1n) is 7.26. The highest BCUT2D eigenvalue weighted by molar-refractivity contribution is 5.98. The fourth-order valence-electron chi connectivity index (χ4n) is 2.03. The van der Waals surface area contributed by atoms with Gasteiger partial charge in [0.15, 0.2) is 6.10 Å². The van der Waals surface area contributed by atoms with E-state index in [1.54, 1.807) is 13.8 Å². The summed E-state index contributed by atoms with van der Waals surface area (Å²) in [6, 6.07) is 17.3. The smallest absolute Gasteiger partial charge is 0.306 e. The predicted octanol–water partition coefficient (Wildman–Crippen LogP) is 3.63. The molecule has 1 atom stereocenters. The Balaban J connectivity index is 2.17. The highest BCUT2D eigenvalue weighted by atomic mass is 16.5. The van der Waals surface area contributed by atoms with Crippen LogP contribution in [-0.4, -0.2) is 18.0 Å². The van der Waals surface area contributed by atoms with Crippen LogP contribution in [0.25, 0.3) is 11.1 Å². The van der Waals surface area contributed by atoms with E-state index < -0.39 is 6.10 Å². The molecule has 22 heavy (non-hydrogen) atoms. The lowest BCUT2D eigenvalue weighted by atomic mass is 10.0. The fraction of sp³-hybridized carbons (Fsp3) is 0.222. The molecule has 0 fully saturated rings. The molecule has 2 rings (SSSR count). The van der Waals surface area contributed by atoms with E-state index in [0.29, 0.717) is 5.69 Å². The van der Waals surface area contributed by atoms with Crippen molar-refractivity contribution in [2.45, 2.75) is 26.4 Å². The second-order valence-corrected chi connectivity index (χ2v) is 4.89. The largest absolute Gasteiger partial charge is 0.453 e. The van der Waals surface area contributed by atoms with E-state index >= 15 is 0 Å². The molecule has 0 saturated heterocycles. The highest BCUT2D eigenvalue weighted by Crippen LogP contribution is 2.27. The summed E-state index contributed by atoms with van der Waals surface area (Å²) in [6.45, 7) is 3.26. The first kappa shape index (κ1) is 15.8. The number of benzene rings is 2. The summed E-state index contributed by atoms with van der Waals surface area (Å²) in [7, 11) is 0. The Bertz CT molecular complexity index is 652. The Morgan fingerprint density at radius 1 is 1.05 bits per heavy atom. The van der Waals surface area contributed by atoms with Gasteiger partial charge in [0, 0.05) is 17.7 Å². The fourth-order valence-corrected chi connectivity index (χ4v) is 2.03. The van der Waals surface area contributed by atoms with E-state index in [-0.39, 0.29) is 18.3 Å². The zero-order valence-electron chi connectivity index (χ0n) is 12.7. The van der Waals surface area contributed by atoms with Crippen LogP contribution < -0.4 is 5.32 Å². The number of carbonyl (C=O) groups is 2. The molecule has 0 radical (unpaired) electrons. The number of esters is 1. The third-order valence-corrected chi connectivity index (χ3v) is 3.24. The first-order valence-corrected chi connectivity index (χ1v) is 7.26. The third-order valence-electron chi connectivity index (χ3n) is 3.24. The molecule has 114 valence electrons. The van der Waals surface area contributed by atoms with Crippen molar-refractivity contribution in [3.63, 3.8) is 0 Å². The Labute approximate surface area is 130 Å². The monoisotopic (exact) mass is 297 g/mol. The molecule has 2 aromatic carbocycles. The summed E-state index contributed by atoms with van der Waals surface area (Å²) in [5.41, 5.74) is 2.63. The molecule has 0 bridgehead atoms. The van der Waals surface area contributed by atoms with Crippen LogP contribution in [0, 0.1) is 0 Å². The number of hydrogen-bond donors (Lipinski definition) is 1. The van der Waals surface area contributed by atoms with Gasteiger partial charge < -0.3 is 10.1 Å². The SMILES string of the molecule is CCC(=O)O[C@H](C)C(=O)Nc1ccccc1-c1ccccc1. The number of ether oxygens (including phenoxy) is 1. The normalized spacial score (nSPS) is 11.5. The van der Waals surface area contributed by atoms with Gasteiger partial charge in [-0.2, -0.15) is 0 Å². The Morgan fingerprint density at radius 3 is 2.36 bits per heavy atom. The van der Waals surface area contributed by atoms with Crippen LogP contribution in [0.15, 0.2) is 54.6 Å². The van der Waals surface area contributed by atoms with Gasteiger partial charge in [0.2, 0.25) is 0 Å². The lowest BCUT2D eigenvalue weighted by molar-refractivity contribution is -0.152. The number of nitrogens with one attached hydrogen (secondary N) is 1. The molecule has 0 aliphatic heterocycles. The van der Waals surface area contributed by atoms with E-state index in [0.717, 1.165) is 11.1 Å². The zero-order valence-corrected chi connectivity index (χ0v) is 12.7. The summed E-state index contributed by atoms with van der Waals surface area (Å²) in [5, 5.41) is 2.82. The average molecular weight is 297 g/mol. The van der Waals surface area contributed by atoms with Crippen LogP contribution in [0.2, 0.25) is 0 Å². The Morgan fingerprint density at radius 2 is 1.68 bits per heavy atom. The lowest BCUT2D eigenvalue weighted by Crippen LogP contribution is -2.29. The molecule has 0 aromatic heterocycles. The summed E-state index contributed by atoms with van der Waals surface area (Å²) in [6.07, 6.45) is -0.575. The van der Waals surface area contributed by atoms with Gasteiger partial charge in [0.05, 0.1) is 0 Å². The van der Waals surface area contributed by atoms with Crippen molar-refractivity contribution in [1.29, 1.82) is 0 Å². The van der Waals surface area contributed by atoms with Gasteiger partial charge in [-0.1, -0.05) is 55.5 Å². The van der Waals surface area contributed by atoms with E-state index in [1.807, 2.05) is 54.6 Å². The van der Waals surface area contributed by atoms with Gasteiger partial charge >= 0.3 is 5.97 Å². The van der Waals surface area contributed by atoms with Gasteiger partial charge in [0.25, 0.3) is 5.91 Å². The maximum Gasteiger partial charge on any atom is 0.306 e. The minimum absolute atomic E-state index is 0.248. The summed E-state index contributed by atoms with van der Waals surface area (Å²) >= 11 is 0. The van der Waals surface area contributed by atoms with Crippen LogP contribution in [0.5, 0.6) is 0 Å². The van der Waals surface area contributed by atoms with Gasteiger partial charge in [-0.3, -0.25) is 9.59 Å². The molecule has 4 heteroatoms. The van der Waals surface area contributed by atoms with Gasteiger partial charge in [-0.15, -0.1) is 0 Å². The molecule has 0 spiro atoms. The van der Waals surface area contributed by atoms with Crippen LogP contribution in [0.1, 0.15) is 20.3 Å². The van der Waals surface area contributed by atoms with Crippen molar-refractivity contribution in [2.75, 3.05) is 5.32 Å². The molecule has 0 unspecified atom stereocenters. The lowest BCUT2D eigenvalue weighted by Gasteiger charge is -2.15. The average Bonchev–Trinajstić information content (AvgIpc) is 2.56. The molecule has 0 aliphatic rings. The number of para-hydroxylation sites is 1. The van der Waals surface area contributed by atoms with Crippen molar-refractivity contribution in [2.24, 2.45) is 0 Å². The molecule has 0 heterocycles. The molecular formula is C18H19NO3. The molecule has 0 saturated carbocycles. The van der Waals surface area contributed by atoms with Gasteiger partial charge in [-0.25, -0.2) is 0 Å². The topological polar surface area (TPSA) is 55.4 Å². The maximum absolute atomic E-state index is 12.2. The molecule has 1 amide bonds. The number of rotatable bonds is 5. The molecule has 2 aromatic rings. The third kappa shape index (κ3) is 3.95. The standard InChI is InChI=1S/C18H19NO3/c1-3-17(20)22-13(2)18(21)19-16-12-8-7-11-15(16)14-9-5-4-6-10-14/h4-13H,3H2,1-2H3,(H,19,21)/t13-/m1/s1. The van der Waals surface area contributed by atoms with Gasteiger partial charge in [0.1, 0.15) is 0 Å². The first-order chi connectivity index (χ1) is 10.6. The number of carbonyl (C=O) groups excluding carboxylic acids is 2.